The number of aryl methyl sites for hydroxylation is 1. The number of rotatable bonds is 3. The molecule has 0 saturated carbocycles. The van der Waals surface area contributed by atoms with Crippen LogP contribution in [0.15, 0.2) is 42.6 Å². The van der Waals surface area contributed by atoms with Crippen molar-refractivity contribution in [3.63, 3.8) is 0 Å². The predicted octanol–water partition coefficient (Wildman–Crippen LogP) is 4.60. The third-order valence-corrected chi connectivity index (χ3v) is 3.80. The molecule has 0 unspecified atom stereocenters. The quantitative estimate of drug-likeness (QED) is 0.513. The van der Waals surface area contributed by atoms with Crippen molar-refractivity contribution in [2.24, 2.45) is 0 Å². The van der Waals surface area contributed by atoms with Gasteiger partial charge in [0, 0.05) is 22.2 Å². The molecule has 23 heavy (non-hydrogen) atoms. The maximum absolute atomic E-state index is 12.3. The number of hydrogen-bond acceptors (Lipinski definition) is 4. The lowest BCUT2D eigenvalue weighted by atomic mass is 10.1. The lowest BCUT2D eigenvalue weighted by Crippen LogP contribution is -2.08. The van der Waals surface area contributed by atoms with Gasteiger partial charge < -0.3 is 4.74 Å². The molecule has 2 aromatic heterocycles. The first-order valence-corrected chi connectivity index (χ1v) is 7.63. The van der Waals surface area contributed by atoms with Crippen molar-refractivity contribution >= 4 is 40.1 Å². The van der Waals surface area contributed by atoms with E-state index < -0.39 is 5.97 Å². The van der Waals surface area contributed by atoms with Crippen LogP contribution >= 0.6 is 23.2 Å². The van der Waals surface area contributed by atoms with Gasteiger partial charge in [-0.05, 0) is 37.3 Å². The highest BCUT2D eigenvalue weighted by Gasteiger charge is 2.13. The van der Waals surface area contributed by atoms with E-state index in [1.165, 1.54) is 0 Å². The molecule has 0 N–H and O–H groups in total. The summed E-state index contributed by atoms with van der Waals surface area (Å²) in [5.74, 6) is -0.438. The second-order valence-electron chi connectivity index (χ2n) is 5.02. The third kappa shape index (κ3) is 3.60. The minimum atomic E-state index is -0.438. The van der Waals surface area contributed by atoms with E-state index in [2.05, 4.69) is 9.97 Å². The Morgan fingerprint density at radius 3 is 2.74 bits per heavy atom. The molecule has 2 heterocycles. The van der Waals surface area contributed by atoms with Crippen molar-refractivity contribution in [2.45, 2.75) is 13.5 Å². The molecular weight excluding hydrogens is 335 g/mol. The number of halogens is 2. The maximum atomic E-state index is 12.3. The fourth-order valence-electron chi connectivity index (χ4n) is 2.17. The summed E-state index contributed by atoms with van der Waals surface area (Å²) in [6, 6.07) is 10.5. The van der Waals surface area contributed by atoms with Gasteiger partial charge in [-0.1, -0.05) is 29.3 Å². The molecule has 0 fully saturated rings. The molecule has 116 valence electrons. The van der Waals surface area contributed by atoms with E-state index in [0.717, 1.165) is 16.5 Å². The Morgan fingerprint density at radius 1 is 1.17 bits per heavy atom. The van der Waals surface area contributed by atoms with Crippen LogP contribution in [0.2, 0.25) is 10.2 Å². The normalized spacial score (nSPS) is 10.7. The van der Waals surface area contributed by atoms with Crippen LogP contribution in [0.3, 0.4) is 0 Å². The fourth-order valence-corrected chi connectivity index (χ4v) is 2.46. The van der Waals surface area contributed by atoms with Crippen LogP contribution in [0, 0.1) is 6.92 Å². The number of ether oxygens (including phenoxy) is 1. The second-order valence-corrected chi connectivity index (χ2v) is 5.85. The zero-order chi connectivity index (χ0) is 16.4. The van der Waals surface area contributed by atoms with Crippen LogP contribution in [0.4, 0.5) is 0 Å². The Labute approximate surface area is 143 Å². The predicted molar refractivity (Wildman–Crippen MR) is 89.9 cm³/mol. The summed E-state index contributed by atoms with van der Waals surface area (Å²) in [6.07, 6.45) is 1.57. The molecule has 0 aliphatic rings. The molecule has 0 amide bonds. The number of benzene rings is 1. The summed E-state index contributed by atoms with van der Waals surface area (Å²) in [7, 11) is 0. The SMILES string of the molecule is Cc1nc2ccc(Cl)cc2cc1C(=O)OCc1ccc(Cl)nc1. The van der Waals surface area contributed by atoms with Crippen LogP contribution in [0.5, 0.6) is 0 Å². The Hall–Kier alpha value is -2.17. The molecule has 0 atom stereocenters. The Balaban J connectivity index is 1.82. The zero-order valence-electron chi connectivity index (χ0n) is 12.2. The Bertz CT molecular complexity index is 880. The van der Waals surface area contributed by atoms with Gasteiger partial charge in [0.15, 0.2) is 0 Å². The van der Waals surface area contributed by atoms with Crippen molar-refractivity contribution in [1.29, 1.82) is 0 Å². The third-order valence-electron chi connectivity index (χ3n) is 3.35. The van der Waals surface area contributed by atoms with Crippen LogP contribution in [0.25, 0.3) is 10.9 Å². The average molecular weight is 347 g/mol. The molecule has 0 radical (unpaired) electrons. The molecule has 6 heteroatoms. The zero-order valence-corrected chi connectivity index (χ0v) is 13.7. The van der Waals surface area contributed by atoms with Crippen LogP contribution in [0.1, 0.15) is 21.6 Å². The first-order valence-electron chi connectivity index (χ1n) is 6.87. The standard InChI is InChI=1S/C17H12Cl2N2O2/c1-10-14(7-12-6-13(18)3-4-15(12)21-10)17(22)23-9-11-2-5-16(19)20-8-11/h2-8H,9H2,1H3. The molecule has 0 bridgehead atoms. The first-order chi connectivity index (χ1) is 11.0. The number of hydrogen-bond donors (Lipinski definition) is 0. The van der Waals surface area contributed by atoms with E-state index in [1.807, 2.05) is 6.07 Å². The summed E-state index contributed by atoms with van der Waals surface area (Å²) in [5.41, 5.74) is 2.57. The molecule has 1 aromatic carbocycles. The number of carbonyl (C=O) groups is 1. The maximum Gasteiger partial charge on any atom is 0.340 e. The van der Waals surface area contributed by atoms with Gasteiger partial charge in [0.2, 0.25) is 0 Å². The minimum Gasteiger partial charge on any atom is -0.457 e. The fraction of sp³-hybridized carbons (Fsp3) is 0.118. The molecule has 3 rings (SSSR count). The van der Waals surface area contributed by atoms with Crippen molar-refractivity contribution in [2.75, 3.05) is 0 Å². The summed E-state index contributed by atoms with van der Waals surface area (Å²) in [4.78, 5) is 20.7. The second kappa shape index (κ2) is 6.52. The van der Waals surface area contributed by atoms with Gasteiger partial charge in [-0.25, -0.2) is 9.78 Å². The molecule has 0 aliphatic carbocycles. The van der Waals surface area contributed by atoms with E-state index in [-0.39, 0.29) is 6.61 Å². The van der Waals surface area contributed by atoms with Gasteiger partial charge in [-0.3, -0.25) is 4.98 Å². The monoisotopic (exact) mass is 346 g/mol. The van der Waals surface area contributed by atoms with Crippen molar-refractivity contribution in [3.05, 3.63) is 69.6 Å². The number of pyridine rings is 2. The Kier molecular flexibility index (Phi) is 4.46. The molecule has 0 saturated heterocycles. The summed E-state index contributed by atoms with van der Waals surface area (Å²) >= 11 is 11.7. The molecular formula is C17H12Cl2N2O2. The minimum absolute atomic E-state index is 0.121. The highest BCUT2D eigenvalue weighted by molar-refractivity contribution is 6.31. The van der Waals surface area contributed by atoms with Crippen LogP contribution in [-0.2, 0) is 11.3 Å². The highest BCUT2D eigenvalue weighted by Crippen LogP contribution is 2.21. The highest BCUT2D eigenvalue weighted by atomic mass is 35.5. The lowest BCUT2D eigenvalue weighted by molar-refractivity contribution is 0.0471. The smallest absolute Gasteiger partial charge is 0.340 e. The van der Waals surface area contributed by atoms with Crippen molar-refractivity contribution in [3.8, 4) is 0 Å². The van der Waals surface area contributed by atoms with Crippen LogP contribution in [-0.4, -0.2) is 15.9 Å². The Morgan fingerprint density at radius 2 is 2.00 bits per heavy atom. The van der Waals surface area contributed by atoms with E-state index in [4.69, 9.17) is 27.9 Å². The average Bonchev–Trinajstić information content (AvgIpc) is 2.54. The number of fused-ring (bicyclic) bond motifs is 1. The van der Waals surface area contributed by atoms with E-state index >= 15 is 0 Å². The largest absolute Gasteiger partial charge is 0.457 e. The molecule has 4 nitrogen and oxygen atoms in total. The number of esters is 1. The van der Waals surface area contributed by atoms with Gasteiger partial charge >= 0.3 is 5.97 Å². The van der Waals surface area contributed by atoms with Gasteiger partial charge in [0.25, 0.3) is 0 Å². The summed E-state index contributed by atoms with van der Waals surface area (Å²) < 4.78 is 5.32. The lowest BCUT2D eigenvalue weighted by Gasteiger charge is -2.08. The number of carbonyl (C=O) groups excluding carboxylic acids is 1. The van der Waals surface area contributed by atoms with Crippen molar-refractivity contribution in [1.82, 2.24) is 9.97 Å². The molecule has 3 aromatic rings. The van der Waals surface area contributed by atoms with Gasteiger partial charge in [-0.2, -0.15) is 0 Å². The summed E-state index contributed by atoms with van der Waals surface area (Å²) in [5, 5.41) is 1.78. The molecule has 0 aliphatic heterocycles. The topological polar surface area (TPSA) is 52.1 Å². The summed E-state index contributed by atoms with van der Waals surface area (Å²) in [6.45, 7) is 1.89. The van der Waals surface area contributed by atoms with E-state index in [9.17, 15) is 4.79 Å². The van der Waals surface area contributed by atoms with Gasteiger partial charge in [0.05, 0.1) is 16.8 Å². The van der Waals surface area contributed by atoms with Gasteiger partial charge in [0.1, 0.15) is 11.8 Å². The van der Waals surface area contributed by atoms with Gasteiger partial charge in [-0.15, -0.1) is 0 Å². The molecule has 0 spiro atoms. The number of nitrogens with zero attached hydrogens (tertiary/aromatic N) is 2. The van der Waals surface area contributed by atoms with Crippen LogP contribution < -0.4 is 0 Å². The van der Waals surface area contributed by atoms with E-state index in [0.29, 0.717) is 21.4 Å². The van der Waals surface area contributed by atoms with Crippen molar-refractivity contribution < 1.29 is 9.53 Å². The first kappa shape index (κ1) is 15.7. The number of aromatic nitrogens is 2. The van der Waals surface area contributed by atoms with E-state index in [1.54, 1.807) is 43.5 Å².